The molecule has 0 atom stereocenters. The van der Waals surface area contributed by atoms with Gasteiger partial charge < -0.3 is 15.8 Å². The van der Waals surface area contributed by atoms with Gasteiger partial charge in [-0.3, -0.25) is 4.79 Å². The highest BCUT2D eigenvalue weighted by atomic mass is 32.2. The van der Waals surface area contributed by atoms with Gasteiger partial charge >= 0.3 is 0 Å². The van der Waals surface area contributed by atoms with E-state index in [9.17, 15) is 13.2 Å². The first-order valence-corrected chi connectivity index (χ1v) is 16.6. The first-order valence-electron chi connectivity index (χ1n) is 15.1. The number of nitrogen functional groups attached to an aromatic ring is 1. The molecule has 0 aliphatic carbocycles. The van der Waals surface area contributed by atoms with Gasteiger partial charge in [0.05, 0.1) is 23.3 Å². The summed E-state index contributed by atoms with van der Waals surface area (Å²) >= 11 is 0. The molecule has 0 saturated heterocycles. The fourth-order valence-electron chi connectivity index (χ4n) is 4.87. The van der Waals surface area contributed by atoms with Crippen LogP contribution in [0.15, 0.2) is 88.5 Å². The van der Waals surface area contributed by atoms with Gasteiger partial charge in [0.25, 0.3) is 5.91 Å². The minimum Gasteiger partial charge on any atom is -0.494 e. The molecule has 1 heterocycles. The molecule has 0 bridgehead atoms. The van der Waals surface area contributed by atoms with E-state index in [-0.39, 0.29) is 16.5 Å². The maximum Gasteiger partial charge on any atom is 0.282 e. The Morgan fingerprint density at radius 2 is 1.57 bits per heavy atom. The molecule has 9 nitrogen and oxygen atoms in total. The number of sulfonamides is 1. The van der Waals surface area contributed by atoms with Crippen molar-refractivity contribution in [2.24, 2.45) is 5.10 Å². The molecule has 3 N–H and O–H groups in total. The number of nitrogens with one attached hydrogen (secondary N) is 1. The number of rotatable bonds is 12. The van der Waals surface area contributed by atoms with Crippen LogP contribution in [0.25, 0.3) is 0 Å². The molecule has 3 aromatic rings. The number of ether oxygens (including phenoxy) is 1. The molecule has 0 radical (unpaired) electrons. The molecule has 3 aromatic carbocycles. The molecule has 1 aliphatic rings. The number of para-hydroxylation sites is 2. The average molecular weight is 620 g/mol. The number of carbonyl (C=O) groups excluding carboxylic acids is 1. The Kier molecular flexibility index (Phi) is 12.5. The number of benzene rings is 3. The van der Waals surface area contributed by atoms with Crippen molar-refractivity contribution in [3.8, 4) is 5.75 Å². The fraction of sp³-hybridized carbons (Fsp3) is 0.353. The molecule has 10 heteroatoms. The summed E-state index contributed by atoms with van der Waals surface area (Å²) in [6.45, 7) is 10.5. The molecule has 0 aromatic heterocycles. The van der Waals surface area contributed by atoms with Crippen LogP contribution in [0.2, 0.25) is 0 Å². The van der Waals surface area contributed by atoms with Gasteiger partial charge in [-0.2, -0.15) is 14.4 Å². The Bertz CT molecular complexity index is 1600. The molecule has 4 rings (SSSR count). The quantitative estimate of drug-likeness (QED) is 0.174. The van der Waals surface area contributed by atoms with Crippen molar-refractivity contribution in [1.82, 2.24) is 4.31 Å². The topological polar surface area (TPSA) is 117 Å². The Morgan fingerprint density at radius 1 is 0.932 bits per heavy atom. The summed E-state index contributed by atoms with van der Waals surface area (Å²) in [6, 6.07) is 20.4. The third kappa shape index (κ3) is 7.86. The highest BCUT2D eigenvalue weighted by molar-refractivity contribution is 7.89. The number of methoxy groups -OCH3 is 1. The molecule has 0 fully saturated rings. The van der Waals surface area contributed by atoms with Crippen LogP contribution in [0.3, 0.4) is 0 Å². The van der Waals surface area contributed by atoms with Crippen LogP contribution in [-0.4, -0.2) is 44.5 Å². The predicted molar refractivity (Wildman–Crippen MR) is 181 cm³/mol. The largest absolute Gasteiger partial charge is 0.494 e. The number of anilines is 3. The van der Waals surface area contributed by atoms with Crippen molar-refractivity contribution in [3.63, 3.8) is 0 Å². The van der Waals surface area contributed by atoms with Gasteiger partial charge in [-0.15, -0.1) is 0 Å². The van der Waals surface area contributed by atoms with Gasteiger partial charge in [-0.25, -0.2) is 8.42 Å². The summed E-state index contributed by atoms with van der Waals surface area (Å²) in [5, 5.41) is 9.09. The molecule has 0 spiro atoms. The summed E-state index contributed by atoms with van der Waals surface area (Å²) in [6.07, 6.45) is 4.97. The van der Waals surface area contributed by atoms with E-state index < -0.39 is 10.0 Å². The normalized spacial score (nSPS) is 14.0. The third-order valence-electron chi connectivity index (χ3n) is 7.37. The van der Waals surface area contributed by atoms with E-state index in [4.69, 9.17) is 10.5 Å². The van der Waals surface area contributed by atoms with Crippen LogP contribution >= 0.6 is 0 Å². The van der Waals surface area contributed by atoms with Crippen LogP contribution in [0.1, 0.15) is 58.6 Å². The lowest BCUT2D eigenvalue weighted by atomic mass is 10.1. The van der Waals surface area contributed by atoms with E-state index >= 15 is 0 Å². The number of hydrazone groups is 1. The van der Waals surface area contributed by atoms with Crippen molar-refractivity contribution in [2.45, 2.75) is 65.2 Å². The molecule has 1 aliphatic heterocycles. The molecule has 1 amide bonds. The minimum absolute atomic E-state index is 0.0875. The van der Waals surface area contributed by atoms with Crippen LogP contribution in [0.4, 0.5) is 17.1 Å². The van der Waals surface area contributed by atoms with Crippen molar-refractivity contribution in [3.05, 3.63) is 89.6 Å². The van der Waals surface area contributed by atoms with Crippen LogP contribution in [0, 0.1) is 0 Å². The lowest BCUT2D eigenvalue weighted by Crippen LogP contribution is -2.31. The smallest absolute Gasteiger partial charge is 0.282 e. The summed E-state index contributed by atoms with van der Waals surface area (Å²) in [7, 11) is -2.24. The first-order chi connectivity index (χ1) is 21.2. The SMILES string of the molecule is CCCC1=NN(c2cc(S(=O)(=O)N(CC)CC)ccc2OC)C(=O)/C1=C/Nc1ccccc1CC.CCc1ccccc1N. The Labute approximate surface area is 262 Å². The predicted octanol–water partition coefficient (Wildman–Crippen LogP) is 6.62. The molecule has 0 unspecified atom stereocenters. The average Bonchev–Trinajstić information content (AvgIpc) is 3.35. The number of aryl methyl sites for hydroxylation is 2. The monoisotopic (exact) mass is 619 g/mol. The molecular weight excluding hydrogens is 574 g/mol. The van der Waals surface area contributed by atoms with Crippen LogP contribution in [-0.2, 0) is 27.7 Å². The van der Waals surface area contributed by atoms with Gasteiger partial charge in [0, 0.05) is 30.7 Å². The fourth-order valence-corrected chi connectivity index (χ4v) is 6.35. The van der Waals surface area contributed by atoms with E-state index in [0.29, 0.717) is 36.5 Å². The van der Waals surface area contributed by atoms with Crippen molar-refractivity contribution < 1.29 is 17.9 Å². The molecule has 44 heavy (non-hydrogen) atoms. The maximum atomic E-state index is 13.5. The molecular formula is C34H45N5O4S. The van der Waals surface area contributed by atoms with Crippen molar-refractivity contribution in [1.29, 1.82) is 0 Å². The second-order valence-electron chi connectivity index (χ2n) is 10.1. The Hall–Kier alpha value is -4.15. The van der Waals surface area contributed by atoms with Crippen molar-refractivity contribution >= 4 is 38.7 Å². The number of nitrogens with two attached hydrogens (primary N) is 1. The van der Waals surface area contributed by atoms with Gasteiger partial charge in [-0.1, -0.05) is 77.4 Å². The Morgan fingerprint density at radius 3 is 2.14 bits per heavy atom. The number of carbonyl (C=O) groups is 1. The number of hydrogen-bond acceptors (Lipinski definition) is 7. The maximum absolute atomic E-state index is 13.5. The van der Waals surface area contributed by atoms with E-state index in [1.165, 1.54) is 34.1 Å². The van der Waals surface area contributed by atoms with Crippen LogP contribution in [0.5, 0.6) is 5.75 Å². The van der Waals surface area contributed by atoms with Gasteiger partial charge in [0.1, 0.15) is 11.4 Å². The highest BCUT2D eigenvalue weighted by Gasteiger charge is 2.34. The first kappa shape index (κ1) is 34.3. The summed E-state index contributed by atoms with van der Waals surface area (Å²) < 4.78 is 33.1. The second kappa shape index (κ2) is 16.1. The second-order valence-corrected chi connectivity index (χ2v) is 12.0. The lowest BCUT2D eigenvalue weighted by Gasteiger charge is -2.21. The summed E-state index contributed by atoms with van der Waals surface area (Å²) in [5.74, 6) is 0.0209. The number of hydrogen-bond donors (Lipinski definition) is 2. The van der Waals surface area contributed by atoms with E-state index in [1.54, 1.807) is 26.1 Å². The highest BCUT2D eigenvalue weighted by Crippen LogP contribution is 2.36. The van der Waals surface area contributed by atoms with E-state index in [0.717, 1.165) is 36.2 Å². The zero-order valence-corrected chi connectivity index (χ0v) is 27.4. The van der Waals surface area contributed by atoms with E-state index in [1.807, 2.05) is 49.4 Å². The Balaban J connectivity index is 0.000000502. The van der Waals surface area contributed by atoms with Gasteiger partial charge in [0.2, 0.25) is 10.0 Å². The minimum atomic E-state index is -3.72. The number of amides is 1. The standard InChI is InChI=1S/C26H34N4O4S.C8H11N/c1-6-12-23-21(18-27-22-14-11-10-13-19(22)7-2)26(31)30(28-23)24-17-20(15-16-25(24)34-5)35(32,33)29(8-3)9-4;1-2-7-5-3-4-6-8(7)9/h10-11,13-18,27H,6-9,12H2,1-5H3;3-6H,2,9H2,1H3/b21-18+;. The summed E-state index contributed by atoms with van der Waals surface area (Å²) in [5.41, 5.74) is 11.2. The third-order valence-corrected chi connectivity index (χ3v) is 9.42. The van der Waals surface area contributed by atoms with Crippen molar-refractivity contribution in [2.75, 3.05) is 36.3 Å². The summed E-state index contributed by atoms with van der Waals surface area (Å²) in [4.78, 5) is 13.6. The molecule has 0 saturated carbocycles. The molecule has 236 valence electrons. The van der Waals surface area contributed by atoms with Crippen LogP contribution < -0.4 is 20.8 Å². The lowest BCUT2D eigenvalue weighted by molar-refractivity contribution is -0.114. The zero-order chi connectivity index (χ0) is 32.3. The zero-order valence-electron chi connectivity index (χ0n) is 26.6. The number of nitrogens with zero attached hydrogens (tertiary/aromatic N) is 3. The van der Waals surface area contributed by atoms with Gasteiger partial charge in [-0.05, 0) is 60.7 Å². The van der Waals surface area contributed by atoms with E-state index in [2.05, 4.69) is 30.3 Å². The van der Waals surface area contributed by atoms with Gasteiger partial charge in [0.15, 0.2) is 0 Å².